The minimum atomic E-state index is -3.94. The summed E-state index contributed by atoms with van der Waals surface area (Å²) in [5, 5.41) is 0.407. The normalized spacial score (nSPS) is 21.8. The van der Waals surface area contributed by atoms with Gasteiger partial charge in [-0.15, -0.1) is 0 Å². The SMILES string of the molecule is CCc1cc(Cl)cnc1C(=O)Cc1ccc(F)c([C@]2(CF)CS(=O)(=O)C(C)(C)C(N)=N2)c1. The average Bonchev–Trinajstić information content (AvgIpc) is 2.73. The summed E-state index contributed by atoms with van der Waals surface area (Å²) in [6, 6.07) is 5.39. The summed E-state index contributed by atoms with van der Waals surface area (Å²) in [7, 11) is -3.94. The van der Waals surface area contributed by atoms with Gasteiger partial charge in [-0.3, -0.25) is 14.8 Å². The second-order valence-corrected chi connectivity index (χ2v) is 11.3. The number of ketones is 1. The first-order chi connectivity index (χ1) is 14.9. The van der Waals surface area contributed by atoms with Crippen molar-refractivity contribution in [2.45, 2.75) is 43.9 Å². The number of amidine groups is 1. The van der Waals surface area contributed by atoms with E-state index in [1.165, 1.54) is 32.2 Å². The second kappa shape index (κ2) is 8.51. The number of carbonyl (C=O) groups excluding carboxylic acids is 1. The number of carbonyl (C=O) groups is 1. The molecule has 172 valence electrons. The van der Waals surface area contributed by atoms with Crippen molar-refractivity contribution in [3.8, 4) is 0 Å². The molecule has 10 heteroatoms. The summed E-state index contributed by atoms with van der Waals surface area (Å²) in [5.74, 6) is -2.19. The van der Waals surface area contributed by atoms with Crippen LogP contribution in [0.1, 0.15) is 48.0 Å². The molecule has 2 heterocycles. The predicted octanol–water partition coefficient (Wildman–Crippen LogP) is 3.59. The number of aliphatic imine (C=N–C) groups is 1. The molecule has 6 nitrogen and oxygen atoms in total. The van der Waals surface area contributed by atoms with Gasteiger partial charge in [0.1, 0.15) is 34.3 Å². The van der Waals surface area contributed by atoms with E-state index in [0.29, 0.717) is 22.6 Å². The van der Waals surface area contributed by atoms with Gasteiger partial charge in [-0.25, -0.2) is 17.2 Å². The first-order valence-corrected chi connectivity index (χ1v) is 12.0. The Morgan fingerprint density at radius 1 is 1.28 bits per heavy atom. The maximum atomic E-state index is 14.8. The molecule has 0 amide bonds. The quantitative estimate of drug-likeness (QED) is 0.632. The van der Waals surface area contributed by atoms with Crippen LogP contribution in [0.25, 0.3) is 0 Å². The van der Waals surface area contributed by atoms with E-state index in [1.807, 2.05) is 6.92 Å². The van der Waals surface area contributed by atoms with Crippen LogP contribution in [0.3, 0.4) is 0 Å². The minimum Gasteiger partial charge on any atom is -0.386 e. The Kier molecular flexibility index (Phi) is 6.45. The van der Waals surface area contributed by atoms with Crippen LogP contribution in [-0.2, 0) is 28.2 Å². The molecule has 1 aliphatic heterocycles. The summed E-state index contributed by atoms with van der Waals surface area (Å²) in [6.45, 7) is 3.34. The Labute approximate surface area is 190 Å². The lowest BCUT2D eigenvalue weighted by Gasteiger charge is -2.38. The highest BCUT2D eigenvalue weighted by atomic mass is 35.5. The van der Waals surface area contributed by atoms with E-state index in [9.17, 15) is 22.0 Å². The van der Waals surface area contributed by atoms with Crippen molar-refractivity contribution in [2.24, 2.45) is 10.7 Å². The summed E-state index contributed by atoms with van der Waals surface area (Å²) >= 11 is 5.95. The number of aryl methyl sites for hydroxylation is 1. The minimum absolute atomic E-state index is 0.144. The van der Waals surface area contributed by atoms with Crippen LogP contribution in [0, 0.1) is 5.82 Å². The standard InChI is InChI=1S/C22H24ClF2N3O3S/c1-4-14-9-15(23)10-27-19(14)18(29)8-13-5-6-17(25)16(7-13)22(11-24)12-32(30,31)21(2,3)20(26)28-22/h5-7,9-10H,4,8,11-12H2,1-3H3,(H2,26,28)/t22-/m0/s1. The molecule has 0 aliphatic carbocycles. The molecule has 2 N–H and O–H groups in total. The molecule has 1 atom stereocenters. The number of hydrogen-bond donors (Lipinski definition) is 1. The number of halogens is 3. The molecule has 0 saturated carbocycles. The van der Waals surface area contributed by atoms with Crippen LogP contribution >= 0.6 is 11.6 Å². The predicted molar refractivity (Wildman–Crippen MR) is 120 cm³/mol. The molecule has 0 unspecified atom stereocenters. The molecule has 2 aromatic rings. The van der Waals surface area contributed by atoms with E-state index >= 15 is 0 Å². The number of hydrogen-bond acceptors (Lipinski definition) is 6. The highest BCUT2D eigenvalue weighted by Crippen LogP contribution is 2.39. The Bertz CT molecular complexity index is 1210. The second-order valence-electron chi connectivity index (χ2n) is 8.36. The Morgan fingerprint density at radius 3 is 2.56 bits per heavy atom. The van der Waals surface area contributed by atoms with Gasteiger partial charge in [0.05, 0.1) is 10.8 Å². The largest absolute Gasteiger partial charge is 0.386 e. The summed E-state index contributed by atoms with van der Waals surface area (Å²) in [5.41, 5.74) is 4.88. The zero-order valence-electron chi connectivity index (χ0n) is 18.0. The fourth-order valence-electron chi connectivity index (χ4n) is 3.64. The van der Waals surface area contributed by atoms with Crippen LogP contribution in [0.2, 0.25) is 5.02 Å². The smallest absolute Gasteiger partial charge is 0.185 e. The van der Waals surface area contributed by atoms with E-state index in [-0.39, 0.29) is 29.3 Å². The third-order valence-corrected chi connectivity index (χ3v) is 8.68. The van der Waals surface area contributed by atoms with Crippen LogP contribution in [0.4, 0.5) is 8.78 Å². The first-order valence-electron chi connectivity index (χ1n) is 9.97. The third kappa shape index (κ3) is 4.15. The van der Waals surface area contributed by atoms with Crippen LogP contribution < -0.4 is 5.73 Å². The Balaban J connectivity index is 2.04. The molecule has 0 spiro atoms. The van der Waals surface area contributed by atoms with E-state index in [0.717, 1.165) is 6.07 Å². The molecule has 32 heavy (non-hydrogen) atoms. The lowest BCUT2D eigenvalue weighted by atomic mass is 9.89. The Morgan fingerprint density at radius 2 is 1.97 bits per heavy atom. The van der Waals surface area contributed by atoms with Gasteiger partial charge in [-0.05, 0) is 49.6 Å². The van der Waals surface area contributed by atoms with Crippen molar-refractivity contribution in [3.05, 3.63) is 63.7 Å². The van der Waals surface area contributed by atoms with E-state index in [1.54, 1.807) is 6.07 Å². The van der Waals surface area contributed by atoms with Crippen LogP contribution in [0.15, 0.2) is 35.5 Å². The number of Topliss-reactive ketones (excluding diaryl/α,β-unsaturated/α-hetero) is 1. The number of benzene rings is 1. The van der Waals surface area contributed by atoms with Gasteiger partial charge < -0.3 is 5.73 Å². The molecule has 0 bridgehead atoms. The number of nitrogens with two attached hydrogens (primary N) is 1. The number of sulfone groups is 1. The van der Waals surface area contributed by atoms with Gasteiger partial charge in [0, 0.05) is 18.2 Å². The molecule has 0 fully saturated rings. The lowest BCUT2D eigenvalue weighted by Crippen LogP contribution is -2.56. The fraction of sp³-hybridized carbons (Fsp3) is 0.409. The van der Waals surface area contributed by atoms with Crippen molar-refractivity contribution in [1.29, 1.82) is 0 Å². The summed E-state index contributed by atoms with van der Waals surface area (Å²) in [4.78, 5) is 21.1. The number of rotatable bonds is 6. The number of nitrogens with zero attached hydrogens (tertiary/aromatic N) is 2. The molecular weight excluding hydrogens is 460 g/mol. The van der Waals surface area contributed by atoms with E-state index in [2.05, 4.69) is 9.98 Å². The molecule has 1 aromatic carbocycles. The number of pyridine rings is 1. The van der Waals surface area contributed by atoms with E-state index in [4.69, 9.17) is 17.3 Å². The van der Waals surface area contributed by atoms with Gasteiger partial charge in [0.2, 0.25) is 0 Å². The molecule has 1 aliphatic rings. The Hall–Kier alpha value is -2.39. The molecule has 1 aromatic heterocycles. The van der Waals surface area contributed by atoms with Gasteiger partial charge in [-0.1, -0.05) is 24.6 Å². The maximum Gasteiger partial charge on any atom is 0.185 e. The maximum absolute atomic E-state index is 14.8. The van der Waals surface area contributed by atoms with E-state index < -0.39 is 38.4 Å². The molecule has 0 saturated heterocycles. The van der Waals surface area contributed by atoms with Crippen molar-refractivity contribution in [1.82, 2.24) is 4.98 Å². The average molecular weight is 484 g/mol. The highest BCUT2D eigenvalue weighted by Gasteiger charge is 2.51. The lowest BCUT2D eigenvalue weighted by molar-refractivity contribution is 0.0987. The van der Waals surface area contributed by atoms with Crippen molar-refractivity contribution in [2.75, 3.05) is 12.4 Å². The van der Waals surface area contributed by atoms with Gasteiger partial charge in [-0.2, -0.15) is 0 Å². The molecular formula is C22H24ClF2N3O3S. The zero-order chi connectivity index (χ0) is 23.9. The number of aromatic nitrogens is 1. The monoisotopic (exact) mass is 483 g/mol. The van der Waals surface area contributed by atoms with Crippen LogP contribution in [-0.4, -0.2) is 42.2 Å². The van der Waals surface area contributed by atoms with Gasteiger partial charge >= 0.3 is 0 Å². The third-order valence-electron chi connectivity index (χ3n) is 5.85. The van der Waals surface area contributed by atoms with Crippen molar-refractivity contribution in [3.63, 3.8) is 0 Å². The zero-order valence-corrected chi connectivity index (χ0v) is 19.5. The topological polar surface area (TPSA) is 102 Å². The highest BCUT2D eigenvalue weighted by molar-refractivity contribution is 7.93. The molecule has 3 rings (SSSR count). The molecule has 0 radical (unpaired) electrons. The summed E-state index contributed by atoms with van der Waals surface area (Å²) < 4.78 is 53.2. The first kappa shape index (κ1) is 24.3. The van der Waals surface area contributed by atoms with Crippen LogP contribution in [0.5, 0.6) is 0 Å². The summed E-state index contributed by atoms with van der Waals surface area (Å²) in [6.07, 6.45) is 1.76. The van der Waals surface area contributed by atoms with Crippen molar-refractivity contribution < 1.29 is 22.0 Å². The fourth-order valence-corrected chi connectivity index (χ4v) is 5.47. The van der Waals surface area contributed by atoms with Gasteiger partial charge in [0.15, 0.2) is 15.6 Å². The van der Waals surface area contributed by atoms with Crippen molar-refractivity contribution >= 4 is 33.1 Å². The van der Waals surface area contributed by atoms with Gasteiger partial charge in [0.25, 0.3) is 0 Å². The number of alkyl halides is 1.